The molecule has 1 saturated heterocycles. The van der Waals surface area contributed by atoms with Crippen molar-refractivity contribution >= 4 is 23.4 Å². The van der Waals surface area contributed by atoms with E-state index in [1.807, 2.05) is 42.6 Å². The highest BCUT2D eigenvalue weighted by atomic mass is 32.2. The molecule has 1 aliphatic rings. The maximum atomic E-state index is 12.9. The van der Waals surface area contributed by atoms with Gasteiger partial charge in [-0.3, -0.25) is 9.48 Å². The lowest BCUT2D eigenvalue weighted by Gasteiger charge is -2.10. The Morgan fingerprint density at radius 3 is 2.83 bits per heavy atom. The summed E-state index contributed by atoms with van der Waals surface area (Å²) in [5.74, 6) is -0.209. The molecule has 1 aliphatic heterocycles. The normalized spacial score (nSPS) is 15.8. The number of nitriles is 1. The predicted molar refractivity (Wildman–Crippen MR) is 111 cm³/mol. The van der Waals surface area contributed by atoms with E-state index in [0.29, 0.717) is 23.4 Å². The number of hydrogen-bond donors (Lipinski definition) is 1. The zero-order valence-electron chi connectivity index (χ0n) is 15.7. The van der Waals surface area contributed by atoms with Crippen LogP contribution in [-0.2, 0) is 11.3 Å². The Balaban J connectivity index is 1.48. The third-order valence-corrected chi connectivity index (χ3v) is 5.82. The predicted octanol–water partition coefficient (Wildman–Crippen LogP) is 4.34. The lowest BCUT2D eigenvalue weighted by molar-refractivity contribution is 0.0940. The van der Waals surface area contributed by atoms with Crippen LogP contribution < -0.4 is 5.32 Å². The number of nitrogens with zero attached hydrogens (tertiary/aromatic N) is 3. The average molecular weight is 404 g/mol. The fourth-order valence-corrected chi connectivity index (χ4v) is 4.26. The van der Waals surface area contributed by atoms with Crippen LogP contribution in [-0.4, -0.2) is 28.4 Å². The van der Waals surface area contributed by atoms with E-state index in [2.05, 4.69) is 16.5 Å². The van der Waals surface area contributed by atoms with Crippen LogP contribution in [0, 0.1) is 11.3 Å². The van der Waals surface area contributed by atoms with Gasteiger partial charge in [0.1, 0.15) is 6.07 Å². The standard InChI is InChI=1S/C22H20N4O2S/c23-12-16-6-1-3-9-20(16)29-21-10-4-2-8-19(21)22(27)25-17-13-24-26(14-17)15-18-7-5-11-28-18/h1-4,6,8-10,13-14,18H,5,7,11,15H2,(H,25,27). The summed E-state index contributed by atoms with van der Waals surface area (Å²) in [6.07, 6.45) is 5.78. The Morgan fingerprint density at radius 2 is 2.03 bits per heavy atom. The molecule has 1 fully saturated rings. The summed E-state index contributed by atoms with van der Waals surface area (Å²) in [6.45, 7) is 1.49. The van der Waals surface area contributed by atoms with Gasteiger partial charge in [-0.1, -0.05) is 36.0 Å². The fraction of sp³-hybridized carbons (Fsp3) is 0.227. The van der Waals surface area contributed by atoms with Gasteiger partial charge in [-0.15, -0.1) is 0 Å². The largest absolute Gasteiger partial charge is 0.376 e. The first kappa shape index (κ1) is 19.2. The quantitative estimate of drug-likeness (QED) is 0.661. The van der Waals surface area contributed by atoms with Crippen molar-refractivity contribution in [3.8, 4) is 6.07 Å². The molecule has 7 heteroatoms. The Labute approximate surface area is 173 Å². The molecule has 2 aromatic carbocycles. The molecule has 29 heavy (non-hydrogen) atoms. The Morgan fingerprint density at radius 1 is 1.24 bits per heavy atom. The molecule has 1 atom stereocenters. The van der Waals surface area contributed by atoms with E-state index in [-0.39, 0.29) is 12.0 Å². The second-order valence-electron chi connectivity index (χ2n) is 6.75. The summed E-state index contributed by atoms with van der Waals surface area (Å²) < 4.78 is 7.43. The van der Waals surface area contributed by atoms with Crippen molar-refractivity contribution < 1.29 is 9.53 Å². The third-order valence-electron chi connectivity index (χ3n) is 4.66. The molecule has 0 aliphatic carbocycles. The number of benzene rings is 2. The van der Waals surface area contributed by atoms with Gasteiger partial charge in [0, 0.05) is 22.6 Å². The second kappa shape index (κ2) is 8.95. The number of ether oxygens (including phenoxy) is 1. The van der Waals surface area contributed by atoms with E-state index < -0.39 is 0 Å². The van der Waals surface area contributed by atoms with Crippen LogP contribution in [0.4, 0.5) is 5.69 Å². The summed E-state index contributed by atoms with van der Waals surface area (Å²) in [4.78, 5) is 14.5. The van der Waals surface area contributed by atoms with E-state index in [1.54, 1.807) is 23.0 Å². The lowest BCUT2D eigenvalue weighted by Crippen LogP contribution is -2.15. The van der Waals surface area contributed by atoms with Gasteiger partial charge in [-0.05, 0) is 37.1 Å². The smallest absolute Gasteiger partial charge is 0.256 e. The first-order chi connectivity index (χ1) is 14.2. The molecule has 1 unspecified atom stereocenters. The van der Waals surface area contributed by atoms with Crippen LogP contribution >= 0.6 is 11.8 Å². The van der Waals surface area contributed by atoms with Gasteiger partial charge in [0.2, 0.25) is 0 Å². The highest BCUT2D eigenvalue weighted by Crippen LogP contribution is 2.32. The van der Waals surface area contributed by atoms with Crippen molar-refractivity contribution in [1.82, 2.24) is 9.78 Å². The van der Waals surface area contributed by atoms with Crippen LogP contribution in [0.15, 0.2) is 70.7 Å². The van der Waals surface area contributed by atoms with Gasteiger partial charge in [-0.25, -0.2) is 0 Å². The molecule has 146 valence electrons. The number of carbonyl (C=O) groups excluding carboxylic acids is 1. The minimum atomic E-state index is -0.209. The molecule has 0 bridgehead atoms. The molecule has 6 nitrogen and oxygen atoms in total. The average Bonchev–Trinajstić information content (AvgIpc) is 3.41. The monoisotopic (exact) mass is 404 g/mol. The van der Waals surface area contributed by atoms with E-state index in [4.69, 9.17) is 4.74 Å². The van der Waals surface area contributed by atoms with Crippen molar-refractivity contribution in [1.29, 1.82) is 5.26 Å². The Kier molecular flexibility index (Phi) is 5.94. The highest BCUT2D eigenvalue weighted by molar-refractivity contribution is 7.99. The van der Waals surface area contributed by atoms with E-state index >= 15 is 0 Å². The summed E-state index contributed by atoms with van der Waals surface area (Å²) in [5, 5.41) is 16.6. The zero-order valence-corrected chi connectivity index (χ0v) is 16.6. The van der Waals surface area contributed by atoms with Crippen molar-refractivity contribution in [3.63, 3.8) is 0 Å². The maximum absolute atomic E-state index is 12.9. The van der Waals surface area contributed by atoms with E-state index in [9.17, 15) is 10.1 Å². The van der Waals surface area contributed by atoms with E-state index in [1.165, 1.54) is 11.8 Å². The molecule has 4 rings (SSSR count). The van der Waals surface area contributed by atoms with Gasteiger partial charge < -0.3 is 10.1 Å². The molecule has 0 saturated carbocycles. The Hall–Kier alpha value is -3.08. The molecule has 0 radical (unpaired) electrons. The molecule has 1 amide bonds. The van der Waals surface area contributed by atoms with Gasteiger partial charge in [0.05, 0.1) is 35.7 Å². The summed E-state index contributed by atoms with van der Waals surface area (Å²) in [7, 11) is 0. The molecular weight excluding hydrogens is 384 g/mol. The van der Waals surface area contributed by atoms with Crippen LogP contribution in [0.5, 0.6) is 0 Å². The van der Waals surface area contributed by atoms with Crippen LogP contribution in [0.25, 0.3) is 0 Å². The third kappa shape index (κ3) is 4.67. The van der Waals surface area contributed by atoms with Crippen molar-refractivity contribution in [2.75, 3.05) is 11.9 Å². The number of carbonyl (C=O) groups is 1. The van der Waals surface area contributed by atoms with Gasteiger partial charge in [0.25, 0.3) is 5.91 Å². The minimum Gasteiger partial charge on any atom is -0.376 e. The molecule has 0 spiro atoms. The summed E-state index contributed by atoms with van der Waals surface area (Å²) in [5.41, 5.74) is 1.78. The van der Waals surface area contributed by atoms with Crippen LogP contribution in [0.2, 0.25) is 0 Å². The number of rotatable bonds is 6. The van der Waals surface area contributed by atoms with Gasteiger partial charge in [-0.2, -0.15) is 10.4 Å². The fourth-order valence-electron chi connectivity index (χ4n) is 3.23. The van der Waals surface area contributed by atoms with E-state index in [0.717, 1.165) is 29.2 Å². The molecule has 1 aromatic heterocycles. The first-order valence-electron chi connectivity index (χ1n) is 9.44. The van der Waals surface area contributed by atoms with Gasteiger partial charge >= 0.3 is 0 Å². The number of aromatic nitrogens is 2. The summed E-state index contributed by atoms with van der Waals surface area (Å²) in [6, 6.07) is 16.9. The number of amides is 1. The van der Waals surface area contributed by atoms with Crippen molar-refractivity contribution in [2.45, 2.75) is 35.3 Å². The van der Waals surface area contributed by atoms with Crippen LogP contribution in [0.3, 0.4) is 0 Å². The first-order valence-corrected chi connectivity index (χ1v) is 10.3. The van der Waals surface area contributed by atoms with Gasteiger partial charge in [0.15, 0.2) is 0 Å². The SMILES string of the molecule is N#Cc1ccccc1Sc1ccccc1C(=O)Nc1cnn(CC2CCCO2)c1. The highest BCUT2D eigenvalue weighted by Gasteiger charge is 2.17. The maximum Gasteiger partial charge on any atom is 0.256 e. The second-order valence-corrected chi connectivity index (χ2v) is 7.83. The summed E-state index contributed by atoms with van der Waals surface area (Å²) >= 11 is 1.41. The molecule has 1 N–H and O–H groups in total. The topological polar surface area (TPSA) is 79.9 Å². The lowest BCUT2D eigenvalue weighted by atomic mass is 10.2. The molecular formula is C22H20N4O2S. The molecule has 3 aromatic rings. The molecule has 2 heterocycles. The van der Waals surface area contributed by atoms with Crippen molar-refractivity contribution in [2.24, 2.45) is 0 Å². The Bertz CT molecular complexity index is 1050. The number of hydrogen-bond acceptors (Lipinski definition) is 5. The number of nitrogens with one attached hydrogen (secondary N) is 1. The minimum absolute atomic E-state index is 0.191. The number of anilines is 1. The zero-order chi connectivity index (χ0) is 20.1. The van der Waals surface area contributed by atoms with Crippen molar-refractivity contribution in [3.05, 3.63) is 72.1 Å². The van der Waals surface area contributed by atoms with Crippen LogP contribution in [0.1, 0.15) is 28.8 Å².